The second kappa shape index (κ2) is 9.75. The smallest absolute Gasteiger partial charge is 0.345 e. The van der Waals surface area contributed by atoms with Gasteiger partial charge in [-0.1, -0.05) is 25.4 Å². The topological polar surface area (TPSA) is 86.9 Å². The molecule has 1 atom stereocenters. The summed E-state index contributed by atoms with van der Waals surface area (Å²) in [6.45, 7) is 5.28. The van der Waals surface area contributed by atoms with Gasteiger partial charge >= 0.3 is 5.97 Å². The maximum absolute atomic E-state index is 12.7. The molecule has 1 aromatic carbocycles. The molecular weight excluding hydrogens is 422 g/mol. The molecule has 0 fully saturated rings. The van der Waals surface area contributed by atoms with E-state index in [9.17, 15) is 9.59 Å². The number of methoxy groups -OCH3 is 3. The molecule has 168 valence electrons. The molecule has 31 heavy (non-hydrogen) atoms. The van der Waals surface area contributed by atoms with Crippen molar-refractivity contribution in [2.24, 2.45) is 5.92 Å². The SMILES string of the molecule is COCCCOc1cc2c(cc1OC)-c1[nH]c(=O)c(C(=O)OC)c(Cl)c1C(C(C)C)C2. The van der Waals surface area contributed by atoms with E-state index >= 15 is 0 Å². The highest BCUT2D eigenvalue weighted by Crippen LogP contribution is 2.48. The van der Waals surface area contributed by atoms with Crippen molar-refractivity contribution in [3.05, 3.63) is 44.2 Å². The van der Waals surface area contributed by atoms with Crippen LogP contribution in [0.25, 0.3) is 11.3 Å². The lowest BCUT2D eigenvalue weighted by Gasteiger charge is -2.32. The predicted molar refractivity (Wildman–Crippen MR) is 119 cm³/mol. The highest BCUT2D eigenvalue weighted by molar-refractivity contribution is 6.34. The second-order valence-corrected chi connectivity index (χ2v) is 8.21. The van der Waals surface area contributed by atoms with E-state index < -0.39 is 11.5 Å². The molecule has 0 amide bonds. The van der Waals surface area contributed by atoms with E-state index in [2.05, 4.69) is 18.8 Å². The third-order valence-corrected chi connectivity index (χ3v) is 6.00. The number of fused-ring (bicyclic) bond motifs is 3. The Morgan fingerprint density at radius 2 is 1.94 bits per heavy atom. The predicted octanol–water partition coefficient (Wildman–Crippen LogP) is 4.20. The van der Waals surface area contributed by atoms with Crippen LogP contribution >= 0.6 is 11.6 Å². The summed E-state index contributed by atoms with van der Waals surface area (Å²) in [6.07, 6.45) is 1.44. The Morgan fingerprint density at radius 1 is 1.19 bits per heavy atom. The summed E-state index contributed by atoms with van der Waals surface area (Å²) in [5.41, 5.74) is 2.44. The summed E-state index contributed by atoms with van der Waals surface area (Å²) in [7, 11) is 4.45. The summed E-state index contributed by atoms with van der Waals surface area (Å²) in [6, 6.07) is 3.81. The molecule has 0 radical (unpaired) electrons. The minimum atomic E-state index is -0.750. The highest BCUT2D eigenvalue weighted by Gasteiger charge is 2.34. The monoisotopic (exact) mass is 449 g/mol. The maximum Gasteiger partial charge on any atom is 0.345 e. The van der Waals surface area contributed by atoms with Crippen LogP contribution in [0.15, 0.2) is 16.9 Å². The van der Waals surface area contributed by atoms with Crippen molar-refractivity contribution in [2.75, 3.05) is 34.5 Å². The Bertz CT molecular complexity index is 1030. The second-order valence-electron chi connectivity index (χ2n) is 7.83. The lowest BCUT2D eigenvalue weighted by Crippen LogP contribution is -2.26. The van der Waals surface area contributed by atoms with E-state index in [-0.39, 0.29) is 22.4 Å². The third-order valence-electron chi connectivity index (χ3n) is 5.60. The number of ether oxygens (including phenoxy) is 4. The van der Waals surface area contributed by atoms with E-state index in [0.717, 1.165) is 23.1 Å². The number of halogens is 1. The molecule has 0 bridgehead atoms. The number of H-pyrrole nitrogens is 1. The number of rotatable bonds is 8. The first-order chi connectivity index (χ1) is 14.8. The number of carbonyl (C=O) groups is 1. The highest BCUT2D eigenvalue weighted by atomic mass is 35.5. The summed E-state index contributed by atoms with van der Waals surface area (Å²) in [5.74, 6) is 0.667. The number of hydrogen-bond donors (Lipinski definition) is 1. The third kappa shape index (κ3) is 4.43. The van der Waals surface area contributed by atoms with Gasteiger partial charge in [-0.2, -0.15) is 0 Å². The number of aromatic amines is 1. The van der Waals surface area contributed by atoms with Gasteiger partial charge in [0, 0.05) is 25.7 Å². The van der Waals surface area contributed by atoms with E-state index in [0.29, 0.717) is 36.8 Å². The number of carbonyl (C=O) groups excluding carboxylic acids is 1. The number of aromatic nitrogens is 1. The van der Waals surface area contributed by atoms with Gasteiger partial charge in [-0.15, -0.1) is 0 Å². The van der Waals surface area contributed by atoms with Gasteiger partial charge in [-0.25, -0.2) is 4.79 Å². The quantitative estimate of drug-likeness (QED) is 0.480. The molecule has 0 saturated carbocycles. The molecule has 1 heterocycles. The van der Waals surface area contributed by atoms with Gasteiger partial charge < -0.3 is 23.9 Å². The van der Waals surface area contributed by atoms with Gasteiger partial charge in [0.15, 0.2) is 11.5 Å². The van der Waals surface area contributed by atoms with Crippen molar-refractivity contribution < 1.29 is 23.7 Å². The number of pyridine rings is 1. The molecule has 2 aromatic rings. The van der Waals surface area contributed by atoms with Crippen molar-refractivity contribution in [1.29, 1.82) is 0 Å². The Labute approximate surface area is 186 Å². The molecule has 0 spiro atoms. The Morgan fingerprint density at radius 3 is 2.55 bits per heavy atom. The fourth-order valence-electron chi connectivity index (χ4n) is 4.00. The first-order valence-corrected chi connectivity index (χ1v) is 10.6. The summed E-state index contributed by atoms with van der Waals surface area (Å²) in [5, 5.41) is 0.147. The van der Waals surface area contributed by atoms with Crippen LogP contribution in [0.4, 0.5) is 0 Å². The normalized spacial score (nSPS) is 14.7. The number of hydrogen-bond acceptors (Lipinski definition) is 6. The first kappa shape index (κ1) is 23.2. The van der Waals surface area contributed by atoms with Crippen LogP contribution < -0.4 is 15.0 Å². The molecule has 3 rings (SSSR count). The average molecular weight is 450 g/mol. The van der Waals surface area contributed by atoms with Crippen LogP contribution in [-0.2, 0) is 15.9 Å². The molecule has 1 aliphatic rings. The van der Waals surface area contributed by atoms with E-state index in [1.165, 1.54) is 7.11 Å². The molecule has 8 heteroatoms. The number of nitrogens with one attached hydrogen (secondary N) is 1. The van der Waals surface area contributed by atoms with Crippen LogP contribution in [0.2, 0.25) is 5.02 Å². The maximum atomic E-state index is 12.7. The Kier molecular flexibility index (Phi) is 7.28. The van der Waals surface area contributed by atoms with Crippen molar-refractivity contribution in [1.82, 2.24) is 4.98 Å². The molecule has 0 saturated heterocycles. The fourth-order valence-corrected chi connectivity index (χ4v) is 4.40. The van der Waals surface area contributed by atoms with Gasteiger partial charge in [-0.05, 0) is 41.5 Å². The summed E-state index contributed by atoms with van der Waals surface area (Å²) < 4.78 is 21.3. The van der Waals surface area contributed by atoms with Crippen molar-refractivity contribution >= 4 is 17.6 Å². The average Bonchev–Trinajstić information content (AvgIpc) is 2.75. The summed E-state index contributed by atoms with van der Waals surface area (Å²) >= 11 is 6.63. The van der Waals surface area contributed by atoms with Crippen LogP contribution in [0.5, 0.6) is 11.5 Å². The molecular formula is C23H28ClNO6. The summed E-state index contributed by atoms with van der Waals surface area (Å²) in [4.78, 5) is 27.8. The zero-order chi connectivity index (χ0) is 22.7. The Hall–Kier alpha value is -2.51. The minimum absolute atomic E-state index is 0.00462. The van der Waals surface area contributed by atoms with Crippen molar-refractivity contribution in [3.8, 4) is 22.8 Å². The minimum Gasteiger partial charge on any atom is -0.493 e. The fraction of sp³-hybridized carbons (Fsp3) is 0.478. The van der Waals surface area contributed by atoms with Crippen molar-refractivity contribution in [2.45, 2.75) is 32.6 Å². The van der Waals surface area contributed by atoms with E-state index in [1.54, 1.807) is 14.2 Å². The van der Waals surface area contributed by atoms with Gasteiger partial charge in [0.1, 0.15) is 5.56 Å². The molecule has 0 aliphatic heterocycles. The van der Waals surface area contributed by atoms with E-state index in [4.69, 9.17) is 30.5 Å². The van der Waals surface area contributed by atoms with Crippen LogP contribution in [0.1, 0.15) is 47.7 Å². The van der Waals surface area contributed by atoms with Crippen molar-refractivity contribution in [3.63, 3.8) is 0 Å². The van der Waals surface area contributed by atoms with Crippen LogP contribution in [-0.4, -0.2) is 45.5 Å². The number of esters is 1. The zero-order valence-corrected chi connectivity index (χ0v) is 19.2. The Balaban J connectivity index is 2.17. The van der Waals surface area contributed by atoms with Gasteiger partial charge in [0.05, 0.1) is 31.5 Å². The zero-order valence-electron chi connectivity index (χ0n) is 18.5. The van der Waals surface area contributed by atoms with Crippen LogP contribution in [0.3, 0.4) is 0 Å². The van der Waals surface area contributed by atoms with Gasteiger partial charge in [-0.3, -0.25) is 4.79 Å². The molecule has 1 aromatic heterocycles. The molecule has 1 aliphatic carbocycles. The molecule has 1 unspecified atom stereocenters. The molecule has 1 N–H and O–H groups in total. The largest absolute Gasteiger partial charge is 0.493 e. The number of benzene rings is 1. The lowest BCUT2D eigenvalue weighted by molar-refractivity contribution is 0.0598. The molecule has 7 nitrogen and oxygen atoms in total. The van der Waals surface area contributed by atoms with E-state index in [1.807, 2.05) is 12.1 Å². The lowest BCUT2D eigenvalue weighted by atomic mass is 9.75. The first-order valence-electron chi connectivity index (χ1n) is 10.2. The standard InChI is InChI=1S/C23H28ClNO6/c1-12(2)14-9-13-10-17(31-8-6-7-28-3)16(29-4)11-15(13)21-18(14)20(24)19(22(26)25-21)23(27)30-5/h10-12,14H,6-9H2,1-5H3,(H,25,26). The van der Waals surface area contributed by atoms with Gasteiger partial charge in [0.25, 0.3) is 5.56 Å². The van der Waals surface area contributed by atoms with Crippen LogP contribution in [0, 0.1) is 5.92 Å². The van der Waals surface area contributed by atoms with Gasteiger partial charge in [0.2, 0.25) is 0 Å².